The summed E-state index contributed by atoms with van der Waals surface area (Å²) in [6.45, 7) is 0. The highest BCUT2D eigenvalue weighted by Gasteiger charge is 2.26. The molecule has 4 N–H and O–H groups in total. The lowest BCUT2D eigenvalue weighted by Crippen LogP contribution is -2.00. The normalized spacial score (nSPS) is 20.9. The molecular weight excluding hydrogens is 198 g/mol. The third-order valence-corrected chi connectivity index (χ3v) is 2.89. The standard InChI is InChI=1S/C2H5F2N3O2P2/c1-2-9-11(4,6)7-10(3,5)8/h1H,(H4,5,6,7,8). The number of halogens is 2. The summed E-state index contributed by atoms with van der Waals surface area (Å²) in [7, 11) is -9.36. The van der Waals surface area contributed by atoms with Crippen molar-refractivity contribution < 1.29 is 17.8 Å². The van der Waals surface area contributed by atoms with Gasteiger partial charge in [0.05, 0.1) is 0 Å². The SMILES string of the molecule is C#COP(=N)(F)NP(=N)(O)F. The molecule has 0 amide bonds. The molecular formula is C2H5F2N3O2P2. The van der Waals surface area contributed by atoms with E-state index in [1.807, 2.05) is 0 Å². The summed E-state index contributed by atoms with van der Waals surface area (Å²) < 4.78 is 28.0. The van der Waals surface area contributed by atoms with Gasteiger partial charge in [0.25, 0.3) is 0 Å². The minimum absolute atomic E-state index is 1.01. The van der Waals surface area contributed by atoms with E-state index >= 15 is 0 Å². The van der Waals surface area contributed by atoms with Crippen LogP contribution >= 0.6 is 15.5 Å². The summed E-state index contributed by atoms with van der Waals surface area (Å²) in [6.07, 6.45) is 5.75. The van der Waals surface area contributed by atoms with Crippen LogP contribution < -0.4 is 4.86 Å². The lowest BCUT2D eigenvalue weighted by atomic mass is 11.3. The van der Waals surface area contributed by atoms with Crippen molar-refractivity contribution in [1.82, 2.24) is 4.86 Å². The molecule has 0 aliphatic heterocycles. The first-order valence-corrected chi connectivity index (χ1v) is 5.34. The van der Waals surface area contributed by atoms with Gasteiger partial charge in [0.2, 0.25) is 0 Å². The highest BCUT2D eigenvalue weighted by molar-refractivity contribution is 7.68. The molecule has 0 bridgehead atoms. The summed E-state index contributed by atoms with van der Waals surface area (Å²) >= 11 is 0. The molecule has 9 heteroatoms. The van der Waals surface area contributed by atoms with E-state index in [1.54, 1.807) is 0 Å². The van der Waals surface area contributed by atoms with E-state index in [9.17, 15) is 8.39 Å². The van der Waals surface area contributed by atoms with E-state index in [0.717, 1.165) is 4.86 Å². The number of hydrogen-bond acceptors (Lipinski definition) is 3. The maximum Gasteiger partial charge on any atom is 0.393 e. The summed E-state index contributed by atoms with van der Waals surface area (Å²) in [5.74, 6) is 0. The molecule has 0 heterocycles. The quantitative estimate of drug-likeness (QED) is 0.418. The lowest BCUT2D eigenvalue weighted by molar-refractivity contribution is 0.491. The van der Waals surface area contributed by atoms with Crippen LogP contribution in [0.5, 0.6) is 0 Å². The monoisotopic (exact) mass is 203 g/mol. The number of terminal acetylenes is 1. The first-order valence-electron chi connectivity index (χ1n) is 2.11. The van der Waals surface area contributed by atoms with E-state index in [1.165, 1.54) is 6.11 Å². The van der Waals surface area contributed by atoms with Crippen LogP contribution in [0.15, 0.2) is 0 Å². The Labute approximate surface area is 62.0 Å². The van der Waals surface area contributed by atoms with Crippen molar-refractivity contribution in [3.8, 4) is 12.5 Å². The molecule has 0 spiro atoms. The molecule has 0 aliphatic carbocycles. The Morgan fingerprint density at radius 1 is 1.55 bits per heavy atom. The zero-order valence-electron chi connectivity index (χ0n) is 5.08. The number of nitrogens with one attached hydrogen (secondary N) is 3. The van der Waals surface area contributed by atoms with Crippen molar-refractivity contribution in [2.75, 3.05) is 0 Å². The van der Waals surface area contributed by atoms with Gasteiger partial charge < -0.3 is 9.42 Å². The average Bonchev–Trinajstić information content (AvgIpc) is 1.55. The summed E-state index contributed by atoms with van der Waals surface area (Å²) in [5.41, 5.74) is 0. The molecule has 5 nitrogen and oxygen atoms in total. The van der Waals surface area contributed by atoms with Crippen LogP contribution in [0.25, 0.3) is 0 Å². The highest BCUT2D eigenvalue weighted by Crippen LogP contribution is 2.56. The van der Waals surface area contributed by atoms with Crippen molar-refractivity contribution in [3.05, 3.63) is 0 Å². The fourth-order valence-corrected chi connectivity index (χ4v) is 1.94. The molecule has 0 aromatic heterocycles. The molecule has 11 heavy (non-hydrogen) atoms. The molecule has 0 fully saturated rings. The predicted molar refractivity (Wildman–Crippen MR) is 36.8 cm³/mol. The van der Waals surface area contributed by atoms with Crippen molar-refractivity contribution >= 4 is 15.5 Å². The van der Waals surface area contributed by atoms with Gasteiger partial charge in [-0.3, -0.25) is 5.16 Å². The van der Waals surface area contributed by atoms with E-state index in [2.05, 4.69) is 10.9 Å². The van der Waals surface area contributed by atoms with Gasteiger partial charge in [0.15, 0.2) is 0 Å². The molecule has 0 aromatic rings. The van der Waals surface area contributed by atoms with Crippen LogP contribution in [0.3, 0.4) is 0 Å². The van der Waals surface area contributed by atoms with Gasteiger partial charge in [-0.15, -0.1) is 9.05 Å². The molecule has 0 aromatic carbocycles. The van der Waals surface area contributed by atoms with E-state index < -0.39 is 15.5 Å². The average molecular weight is 203 g/mol. The van der Waals surface area contributed by atoms with Crippen LogP contribution in [-0.2, 0) is 4.52 Å². The van der Waals surface area contributed by atoms with Gasteiger partial charge in [-0.05, 0) is 0 Å². The smallest absolute Gasteiger partial charge is 0.371 e. The second kappa shape index (κ2) is 3.33. The predicted octanol–water partition coefficient (Wildman–Crippen LogP) is 2.16. The summed E-state index contributed by atoms with van der Waals surface area (Å²) in [6, 6.07) is 0. The first kappa shape index (κ1) is 10.6. The first-order chi connectivity index (χ1) is 4.77. The fraction of sp³-hybridized carbons (Fsp3) is 0. The van der Waals surface area contributed by atoms with Gasteiger partial charge in [-0.25, -0.2) is 5.16 Å². The largest absolute Gasteiger partial charge is 0.393 e. The third kappa shape index (κ3) is 6.02. The highest BCUT2D eigenvalue weighted by atomic mass is 31.3. The maximum absolute atomic E-state index is 12.4. The fourth-order valence-electron chi connectivity index (χ4n) is 0.263. The molecule has 2 atom stereocenters. The van der Waals surface area contributed by atoms with E-state index in [4.69, 9.17) is 15.2 Å². The number of rotatable bonds is 3. The van der Waals surface area contributed by atoms with Gasteiger partial charge in [-0.1, -0.05) is 6.42 Å². The molecule has 2 unspecified atom stereocenters. The molecule has 0 radical (unpaired) electrons. The minimum atomic E-state index is -4.80. The van der Waals surface area contributed by atoms with Crippen molar-refractivity contribution in [1.29, 1.82) is 10.3 Å². The van der Waals surface area contributed by atoms with E-state index in [-0.39, 0.29) is 0 Å². The summed E-state index contributed by atoms with van der Waals surface area (Å²) in [4.78, 5) is 9.11. The molecule has 64 valence electrons. The van der Waals surface area contributed by atoms with Crippen LogP contribution in [0.1, 0.15) is 0 Å². The molecule has 0 aliphatic rings. The second-order valence-electron chi connectivity index (χ2n) is 1.40. The van der Waals surface area contributed by atoms with Crippen LogP contribution in [-0.4, -0.2) is 4.89 Å². The Balaban J connectivity index is 4.29. The van der Waals surface area contributed by atoms with Crippen molar-refractivity contribution in [2.24, 2.45) is 0 Å². The Hall–Kier alpha value is -0.400. The zero-order valence-corrected chi connectivity index (χ0v) is 6.87. The topological polar surface area (TPSA) is 89.2 Å². The maximum atomic E-state index is 12.4. The van der Waals surface area contributed by atoms with Crippen molar-refractivity contribution in [3.63, 3.8) is 0 Å². The second-order valence-corrected chi connectivity index (χ2v) is 4.56. The van der Waals surface area contributed by atoms with E-state index in [0.29, 0.717) is 0 Å². The Kier molecular flexibility index (Phi) is 3.21. The molecule has 0 saturated heterocycles. The van der Waals surface area contributed by atoms with Gasteiger partial charge in [0, 0.05) is 0 Å². The van der Waals surface area contributed by atoms with Gasteiger partial charge >= 0.3 is 15.5 Å². The van der Waals surface area contributed by atoms with Crippen LogP contribution in [0.2, 0.25) is 0 Å². The van der Waals surface area contributed by atoms with Crippen LogP contribution in [0.4, 0.5) is 8.39 Å². The third-order valence-electron chi connectivity index (χ3n) is 0.440. The Bertz CT molecular complexity index is 267. The zero-order chi connectivity index (χ0) is 9.12. The molecule has 0 rings (SSSR count). The Morgan fingerprint density at radius 2 is 2.00 bits per heavy atom. The lowest BCUT2D eigenvalue weighted by Gasteiger charge is -2.11. The summed E-state index contributed by atoms with van der Waals surface area (Å²) in [5, 5.41) is 12.6. The van der Waals surface area contributed by atoms with Crippen LogP contribution in [0, 0.1) is 22.9 Å². The Morgan fingerprint density at radius 3 is 2.27 bits per heavy atom. The minimum Gasteiger partial charge on any atom is -0.371 e. The van der Waals surface area contributed by atoms with Crippen molar-refractivity contribution in [2.45, 2.75) is 0 Å². The van der Waals surface area contributed by atoms with Gasteiger partial charge in [-0.2, -0.15) is 4.20 Å². The number of hydrogen-bond donors (Lipinski definition) is 4. The molecule has 0 saturated carbocycles. The van der Waals surface area contributed by atoms with Gasteiger partial charge in [0.1, 0.15) is 6.11 Å².